The van der Waals surface area contributed by atoms with Crippen molar-refractivity contribution in [2.24, 2.45) is 5.41 Å². The number of carbonyl (C=O) groups is 1. The molecule has 2 saturated heterocycles. The van der Waals surface area contributed by atoms with E-state index in [1.807, 2.05) is 4.90 Å². The normalized spacial score (nSPS) is 20.8. The Morgan fingerprint density at radius 3 is 2.35 bits per heavy atom. The van der Waals surface area contributed by atoms with Gasteiger partial charge >= 0.3 is 11.6 Å². The first-order chi connectivity index (χ1) is 12.0. The minimum atomic E-state index is -5.35. The number of benzene rings is 1. The van der Waals surface area contributed by atoms with Crippen LogP contribution in [0.5, 0.6) is 0 Å². The van der Waals surface area contributed by atoms with Crippen molar-refractivity contribution in [3.05, 3.63) is 29.8 Å². The van der Waals surface area contributed by atoms with Gasteiger partial charge in [-0.25, -0.2) is 13.2 Å². The molecule has 1 spiro atoms. The molecule has 2 aliphatic rings. The van der Waals surface area contributed by atoms with Crippen molar-refractivity contribution >= 4 is 15.9 Å². The summed E-state index contributed by atoms with van der Waals surface area (Å²) in [5.74, 6) is 0. The fourth-order valence-electron chi connectivity index (χ4n) is 3.60. The second-order valence-corrected chi connectivity index (χ2v) is 8.95. The number of alkyl halides is 3. The minimum Gasteiger partial charge on any atom is -0.465 e. The fourth-order valence-corrected chi connectivity index (χ4v) is 4.43. The predicted octanol–water partition coefficient (Wildman–Crippen LogP) is 2.56. The van der Waals surface area contributed by atoms with Crippen LogP contribution in [0.15, 0.2) is 29.2 Å². The fraction of sp³-hybridized carbons (Fsp3) is 0.562. The summed E-state index contributed by atoms with van der Waals surface area (Å²) in [5, 5.41) is 8.93. The third-order valence-electron chi connectivity index (χ3n) is 5.16. The van der Waals surface area contributed by atoms with E-state index < -0.39 is 26.3 Å². The summed E-state index contributed by atoms with van der Waals surface area (Å²) in [6.45, 7) is 2.80. The molecule has 1 aromatic carbocycles. The number of sulfone groups is 1. The Morgan fingerprint density at radius 1 is 1.19 bits per heavy atom. The lowest BCUT2D eigenvalue weighted by Gasteiger charge is -2.52. The van der Waals surface area contributed by atoms with Crippen LogP contribution < -0.4 is 0 Å². The van der Waals surface area contributed by atoms with Crippen LogP contribution in [0.25, 0.3) is 0 Å². The summed E-state index contributed by atoms with van der Waals surface area (Å²) < 4.78 is 61.1. The first-order valence-corrected chi connectivity index (χ1v) is 9.61. The molecule has 144 valence electrons. The van der Waals surface area contributed by atoms with Crippen molar-refractivity contribution in [2.75, 3.05) is 26.2 Å². The average molecular weight is 392 g/mol. The molecule has 0 atom stereocenters. The summed E-state index contributed by atoms with van der Waals surface area (Å²) in [6.07, 6.45) is 0.718. The number of halogens is 3. The Kier molecular flexibility index (Phi) is 4.68. The zero-order valence-corrected chi connectivity index (χ0v) is 14.7. The number of hydrogen-bond acceptors (Lipinski definition) is 4. The van der Waals surface area contributed by atoms with Crippen molar-refractivity contribution < 1.29 is 31.5 Å². The molecule has 2 aliphatic heterocycles. The van der Waals surface area contributed by atoms with Gasteiger partial charge in [-0.15, -0.1) is 0 Å². The van der Waals surface area contributed by atoms with Gasteiger partial charge in [0.2, 0.25) is 0 Å². The Labute approximate surface area is 149 Å². The van der Waals surface area contributed by atoms with Crippen LogP contribution in [-0.2, 0) is 16.4 Å². The number of piperidine rings is 1. The summed E-state index contributed by atoms with van der Waals surface area (Å²) in [7, 11) is -5.35. The molecule has 3 rings (SSSR count). The molecule has 1 aromatic rings. The minimum absolute atomic E-state index is 0.0103. The van der Waals surface area contributed by atoms with Crippen molar-refractivity contribution in [1.82, 2.24) is 9.80 Å². The van der Waals surface area contributed by atoms with E-state index in [1.165, 1.54) is 11.0 Å². The largest absolute Gasteiger partial charge is 0.501 e. The van der Waals surface area contributed by atoms with Crippen LogP contribution in [0, 0.1) is 5.41 Å². The molecular formula is C16H19F3N2O4S. The van der Waals surface area contributed by atoms with Crippen molar-refractivity contribution in [3.8, 4) is 0 Å². The summed E-state index contributed by atoms with van der Waals surface area (Å²) >= 11 is 0. The molecule has 0 unspecified atom stereocenters. The lowest BCUT2D eigenvalue weighted by Crippen LogP contribution is -2.61. The van der Waals surface area contributed by atoms with Crippen LogP contribution in [-0.4, -0.2) is 61.1 Å². The quantitative estimate of drug-likeness (QED) is 0.856. The van der Waals surface area contributed by atoms with Gasteiger partial charge in [-0.2, -0.15) is 13.2 Å². The van der Waals surface area contributed by atoms with Gasteiger partial charge in [-0.05, 0) is 43.6 Å². The molecule has 1 amide bonds. The maximum absolute atomic E-state index is 12.7. The van der Waals surface area contributed by atoms with Crippen molar-refractivity contribution in [3.63, 3.8) is 0 Å². The van der Waals surface area contributed by atoms with E-state index >= 15 is 0 Å². The number of nitrogens with zero attached hydrogens (tertiary/aromatic N) is 2. The predicted molar refractivity (Wildman–Crippen MR) is 86.2 cm³/mol. The maximum atomic E-state index is 12.7. The van der Waals surface area contributed by atoms with Crippen LogP contribution in [0.1, 0.15) is 18.4 Å². The number of carboxylic acid groups (broad SMARTS) is 1. The molecule has 2 fully saturated rings. The van der Waals surface area contributed by atoms with Crippen LogP contribution in [0.3, 0.4) is 0 Å². The Morgan fingerprint density at radius 2 is 1.81 bits per heavy atom. The number of amides is 1. The first-order valence-electron chi connectivity index (χ1n) is 8.13. The van der Waals surface area contributed by atoms with Crippen molar-refractivity contribution in [1.29, 1.82) is 0 Å². The first kappa shape index (κ1) is 19.0. The molecule has 0 radical (unpaired) electrons. The van der Waals surface area contributed by atoms with E-state index in [-0.39, 0.29) is 5.41 Å². The lowest BCUT2D eigenvalue weighted by molar-refractivity contribution is -0.0436. The molecule has 2 heterocycles. The summed E-state index contributed by atoms with van der Waals surface area (Å²) in [4.78, 5) is 13.6. The third kappa shape index (κ3) is 3.52. The lowest BCUT2D eigenvalue weighted by atomic mass is 9.72. The van der Waals surface area contributed by atoms with E-state index in [9.17, 15) is 26.4 Å². The van der Waals surface area contributed by atoms with Crippen LogP contribution >= 0.6 is 0 Å². The van der Waals surface area contributed by atoms with Gasteiger partial charge < -0.3 is 10.0 Å². The smallest absolute Gasteiger partial charge is 0.465 e. The maximum Gasteiger partial charge on any atom is 0.501 e. The second-order valence-electron chi connectivity index (χ2n) is 7.01. The monoisotopic (exact) mass is 392 g/mol. The molecule has 26 heavy (non-hydrogen) atoms. The van der Waals surface area contributed by atoms with E-state index in [0.717, 1.165) is 25.0 Å². The molecular weight excluding hydrogens is 373 g/mol. The van der Waals surface area contributed by atoms with Crippen LogP contribution in [0.2, 0.25) is 0 Å². The molecule has 0 saturated carbocycles. The third-order valence-corrected chi connectivity index (χ3v) is 6.64. The van der Waals surface area contributed by atoms with Crippen molar-refractivity contribution in [2.45, 2.75) is 29.8 Å². The zero-order chi connectivity index (χ0) is 19.2. The number of rotatable bonds is 3. The second kappa shape index (κ2) is 6.41. The van der Waals surface area contributed by atoms with E-state index in [4.69, 9.17) is 5.11 Å². The molecule has 0 bridgehead atoms. The standard InChI is InChI=1S/C16H19F3N2O4S/c17-16(18,19)26(24,25)13-3-1-2-12(8-13)9-20-6-4-15(5-7-20)10-21(11-15)14(22)23/h1-3,8H,4-7,9-11H2,(H,22,23). The van der Waals surface area contributed by atoms with Gasteiger partial charge in [-0.1, -0.05) is 12.1 Å². The van der Waals surface area contributed by atoms with Gasteiger partial charge in [0, 0.05) is 25.0 Å². The highest BCUT2D eigenvalue weighted by molar-refractivity contribution is 7.92. The Hall–Kier alpha value is -1.81. The zero-order valence-electron chi connectivity index (χ0n) is 13.9. The Bertz CT molecular complexity index is 794. The average Bonchev–Trinajstić information content (AvgIpc) is 2.52. The topological polar surface area (TPSA) is 77.9 Å². The van der Waals surface area contributed by atoms with Gasteiger partial charge in [-0.3, -0.25) is 4.90 Å². The van der Waals surface area contributed by atoms with E-state index in [1.54, 1.807) is 6.07 Å². The molecule has 10 heteroatoms. The number of hydrogen-bond donors (Lipinski definition) is 1. The molecule has 0 aromatic heterocycles. The van der Waals surface area contributed by atoms with Gasteiger partial charge in [0.05, 0.1) is 4.90 Å². The van der Waals surface area contributed by atoms with E-state index in [0.29, 0.717) is 38.3 Å². The summed E-state index contributed by atoms with van der Waals surface area (Å²) in [6, 6.07) is 4.94. The van der Waals surface area contributed by atoms with Gasteiger partial charge in [0.15, 0.2) is 0 Å². The number of likely N-dealkylation sites (tertiary alicyclic amines) is 2. The molecule has 1 N–H and O–H groups in total. The Balaban J connectivity index is 1.61. The SMILES string of the molecule is O=C(O)N1CC2(CCN(Cc3cccc(S(=O)(=O)C(F)(F)F)c3)CC2)C1. The van der Waals surface area contributed by atoms with Crippen LogP contribution in [0.4, 0.5) is 18.0 Å². The van der Waals surface area contributed by atoms with E-state index in [2.05, 4.69) is 0 Å². The van der Waals surface area contributed by atoms with Gasteiger partial charge in [0.25, 0.3) is 9.84 Å². The molecule has 6 nitrogen and oxygen atoms in total. The highest BCUT2D eigenvalue weighted by Gasteiger charge is 2.48. The highest BCUT2D eigenvalue weighted by Crippen LogP contribution is 2.40. The molecule has 0 aliphatic carbocycles. The highest BCUT2D eigenvalue weighted by atomic mass is 32.2. The summed E-state index contributed by atoms with van der Waals surface area (Å²) in [5.41, 5.74) is -4.80. The van der Waals surface area contributed by atoms with Gasteiger partial charge in [0.1, 0.15) is 0 Å².